The van der Waals surface area contributed by atoms with Gasteiger partial charge in [0.25, 0.3) is 0 Å². The highest BCUT2D eigenvalue weighted by molar-refractivity contribution is 7.53. The van der Waals surface area contributed by atoms with Crippen molar-refractivity contribution in [2.24, 2.45) is 0 Å². The summed E-state index contributed by atoms with van der Waals surface area (Å²) in [5.74, 6) is 0. The Morgan fingerprint density at radius 1 is 0.906 bits per heavy atom. The smallest absolute Gasteiger partial charge is 0.202 e. The average molecular weight is 492 g/mol. The van der Waals surface area contributed by atoms with Gasteiger partial charge < -0.3 is 23.8 Å². The van der Waals surface area contributed by atoms with Crippen LogP contribution in [0, 0.1) is 0 Å². The predicted octanol–water partition coefficient (Wildman–Crippen LogP) is 6.28. The summed E-state index contributed by atoms with van der Waals surface area (Å²) in [6.45, 7) is 19.1. The van der Waals surface area contributed by atoms with Crippen LogP contribution in [0.2, 0.25) is 0 Å². The van der Waals surface area contributed by atoms with Gasteiger partial charge in [0.1, 0.15) is 13.2 Å². The molecule has 5 nitrogen and oxygen atoms in total. The van der Waals surface area contributed by atoms with Gasteiger partial charge in [-0.2, -0.15) is 0 Å². The van der Waals surface area contributed by atoms with Crippen molar-refractivity contribution in [3.63, 3.8) is 0 Å². The van der Waals surface area contributed by atoms with E-state index in [9.17, 15) is 10.00 Å². The zero-order chi connectivity index (χ0) is 24.8. The Bertz CT molecular complexity index is 561. The summed E-state index contributed by atoms with van der Waals surface area (Å²) in [4.78, 5) is 11.0. The zero-order valence-corrected chi connectivity index (χ0v) is 24.3. The number of aliphatic hydroxyl groups is 1. The van der Waals surface area contributed by atoms with Gasteiger partial charge in [-0.15, -0.1) is 0 Å². The third kappa shape index (κ3) is 6.69. The number of rotatable bonds is 15. The van der Waals surface area contributed by atoms with Crippen LogP contribution in [0.15, 0.2) is 0 Å². The predicted molar refractivity (Wildman–Crippen MR) is 141 cm³/mol. The van der Waals surface area contributed by atoms with Gasteiger partial charge in [-0.1, -0.05) is 41.5 Å². The lowest BCUT2D eigenvalue weighted by Gasteiger charge is -2.53. The fraction of sp³-hybridized carbons (Fsp3) is 1.00. The van der Waals surface area contributed by atoms with Gasteiger partial charge >= 0.3 is 0 Å². The molecule has 1 heterocycles. The van der Waals surface area contributed by atoms with E-state index in [2.05, 4.69) is 56.1 Å². The fourth-order valence-electron chi connectivity index (χ4n) is 5.23. The second-order valence-electron chi connectivity index (χ2n) is 10.1. The van der Waals surface area contributed by atoms with E-state index in [1.807, 2.05) is 13.8 Å². The summed E-state index contributed by atoms with van der Waals surface area (Å²) in [5.41, 5.74) is -0.848. The normalized spacial score (nSPS) is 25.8. The van der Waals surface area contributed by atoms with Crippen LogP contribution in [-0.4, -0.2) is 58.3 Å². The molecular formula is C24H51BO5P2. The molecule has 5 unspecified atom stereocenters. The molecule has 1 fully saturated rings. The lowest BCUT2D eigenvalue weighted by molar-refractivity contribution is -0.0124. The molecule has 0 radical (unpaired) electrons. The molecule has 0 aromatic carbocycles. The van der Waals surface area contributed by atoms with Gasteiger partial charge in [-0.05, 0) is 71.9 Å². The summed E-state index contributed by atoms with van der Waals surface area (Å²) in [6, 6.07) is 0.339. The first-order valence-corrected chi connectivity index (χ1v) is 15.8. The summed E-state index contributed by atoms with van der Waals surface area (Å²) in [5, 5.41) is 9.52. The van der Waals surface area contributed by atoms with E-state index in [-0.39, 0.29) is 16.9 Å². The summed E-state index contributed by atoms with van der Waals surface area (Å²) >= 11 is 0. The van der Waals surface area contributed by atoms with Gasteiger partial charge in [-0.25, -0.2) is 0 Å². The van der Waals surface area contributed by atoms with E-state index < -0.39 is 27.5 Å². The largest absolute Gasteiger partial charge is 0.384 e. The molecule has 6 atom stereocenters. The van der Waals surface area contributed by atoms with Crippen LogP contribution in [0.4, 0.5) is 0 Å². The number of hydrogen-bond acceptors (Lipinski definition) is 5. The molecule has 1 aliphatic rings. The van der Waals surface area contributed by atoms with Crippen molar-refractivity contribution in [2.75, 3.05) is 6.66 Å². The van der Waals surface area contributed by atoms with Gasteiger partial charge in [0.2, 0.25) is 8.38 Å². The van der Waals surface area contributed by atoms with Crippen LogP contribution in [-0.2, 0) is 13.8 Å². The maximum absolute atomic E-state index is 11.0. The summed E-state index contributed by atoms with van der Waals surface area (Å²) in [7, 11) is -0.714. The van der Waals surface area contributed by atoms with Gasteiger partial charge in [-0.3, -0.25) is 0 Å². The average Bonchev–Trinajstić information content (AvgIpc) is 3.17. The van der Waals surface area contributed by atoms with Crippen LogP contribution < -0.4 is 0 Å². The molecule has 190 valence electrons. The van der Waals surface area contributed by atoms with E-state index in [0.29, 0.717) is 18.8 Å². The van der Waals surface area contributed by atoms with Gasteiger partial charge in [0.05, 0.1) is 17.3 Å². The lowest BCUT2D eigenvalue weighted by atomic mass is 9.82. The Morgan fingerprint density at radius 2 is 1.47 bits per heavy atom. The molecule has 0 aromatic rings. The van der Waals surface area contributed by atoms with Crippen LogP contribution in [0.25, 0.3) is 0 Å². The minimum absolute atomic E-state index is 0.233. The molecular weight excluding hydrogens is 441 g/mol. The van der Waals surface area contributed by atoms with Crippen molar-refractivity contribution in [1.82, 2.24) is 0 Å². The van der Waals surface area contributed by atoms with E-state index in [4.69, 9.17) is 13.8 Å². The molecule has 1 rings (SSSR count). The molecule has 2 N–H and O–H groups in total. The first-order chi connectivity index (χ1) is 14.8. The minimum Gasteiger partial charge on any atom is -0.384 e. The van der Waals surface area contributed by atoms with Crippen molar-refractivity contribution < 1.29 is 23.8 Å². The van der Waals surface area contributed by atoms with Crippen molar-refractivity contribution >= 4 is 24.4 Å². The molecule has 32 heavy (non-hydrogen) atoms. The molecule has 1 saturated heterocycles. The second-order valence-corrected chi connectivity index (χ2v) is 13.7. The first kappa shape index (κ1) is 30.8. The quantitative estimate of drug-likeness (QED) is 0.208. The molecule has 0 amide bonds. The first-order valence-electron chi connectivity index (χ1n) is 12.8. The Hall–Kier alpha value is 0.725. The third-order valence-electron chi connectivity index (χ3n) is 8.29. The van der Waals surface area contributed by atoms with E-state index in [1.165, 1.54) is 0 Å². The Balaban J connectivity index is 3.18. The third-order valence-corrected chi connectivity index (χ3v) is 13.2. The minimum atomic E-state index is -1.98. The monoisotopic (exact) mass is 492 g/mol. The standard InChI is InChI=1S/C24H51BO5P2/c1-10-21(7,18-19-16-17-20(25)28-19)29-31(9)23(12-3,13-4)22(8,11-2)30-32(27)24(26,14-5)15-6/h19-20,26-27H,10-18,25H2,1-9H3/t19?,20-,21?,22?,31?,32?/m1/s1. The Kier molecular flexibility index (Phi) is 12.1. The summed E-state index contributed by atoms with van der Waals surface area (Å²) in [6.07, 6.45) is 7.82. The molecule has 0 aromatic heterocycles. The van der Waals surface area contributed by atoms with E-state index >= 15 is 0 Å². The van der Waals surface area contributed by atoms with Crippen LogP contribution in [0.5, 0.6) is 0 Å². The molecule has 0 bridgehead atoms. The van der Waals surface area contributed by atoms with Gasteiger partial charge in [0, 0.05) is 25.7 Å². The van der Waals surface area contributed by atoms with Crippen LogP contribution in [0.3, 0.4) is 0 Å². The Morgan fingerprint density at radius 3 is 1.84 bits per heavy atom. The zero-order valence-electron chi connectivity index (χ0n) is 22.5. The van der Waals surface area contributed by atoms with Crippen LogP contribution >= 0.6 is 16.5 Å². The molecule has 1 aliphatic heterocycles. The Labute approximate surface area is 201 Å². The lowest BCUT2D eigenvalue weighted by Crippen LogP contribution is -2.52. The van der Waals surface area contributed by atoms with Crippen molar-refractivity contribution in [3.05, 3.63) is 0 Å². The molecule has 8 heteroatoms. The molecule has 0 spiro atoms. The summed E-state index contributed by atoms with van der Waals surface area (Å²) < 4.78 is 19.6. The topological polar surface area (TPSA) is 68.2 Å². The van der Waals surface area contributed by atoms with Crippen molar-refractivity contribution in [3.8, 4) is 0 Å². The molecule has 0 aliphatic carbocycles. The molecule has 0 saturated carbocycles. The van der Waals surface area contributed by atoms with Gasteiger partial charge in [0.15, 0.2) is 0 Å². The second kappa shape index (κ2) is 12.6. The number of ether oxygens (including phenoxy) is 1. The van der Waals surface area contributed by atoms with E-state index in [0.717, 1.165) is 44.9 Å². The number of hydrogen-bond donors (Lipinski definition) is 2. The highest BCUT2D eigenvalue weighted by Crippen LogP contribution is 2.65. The SMILES string of the molecule is B[C@H]1CCC(CC(C)(CC)OP(C)C(CC)(CC)C(C)(CC)OP(O)C(O)(CC)CC)O1. The highest BCUT2D eigenvalue weighted by Gasteiger charge is 2.54. The maximum atomic E-state index is 11.0. The highest BCUT2D eigenvalue weighted by atomic mass is 31.2. The maximum Gasteiger partial charge on any atom is 0.202 e. The fourth-order valence-corrected chi connectivity index (χ4v) is 9.50. The van der Waals surface area contributed by atoms with Crippen LogP contribution in [0.1, 0.15) is 113 Å². The van der Waals surface area contributed by atoms with Crippen molar-refractivity contribution in [2.45, 2.75) is 147 Å². The van der Waals surface area contributed by atoms with E-state index in [1.54, 1.807) is 0 Å². The van der Waals surface area contributed by atoms with Crippen molar-refractivity contribution in [1.29, 1.82) is 0 Å².